The van der Waals surface area contributed by atoms with E-state index in [2.05, 4.69) is 10.1 Å². The van der Waals surface area contributed by atoms with Crippen LogP contribution >= 0.6 is 11.3 Å². The summed E-state index contributed by atoms with van der Waals surface area (Å²) in [6.07, 6.45) is -4.40. The molecule has 0 aliphatic carbocycles. The Balaban J connectivity index is 1.64. The monoisotopic (exact) mass is 372 g/mol. The number of aromatic nitrogens is 2. The van der Waals surface area contributed by atoms with Crippen molar-refractivity contribution in [3.63, 3.8) is 0 Å². The van der Waals surface area contributed by atoms with E-state index in [-0.39, 0.29) is 0 Å². The van der Waals surface area contributed by atoms with E-state index in [4.69, 9.17) is 4.52 Å². The van der Waals surface area contributed by atoms with Crippen LogP contribution < -0.4 is 0 Å². The first-order valence-electron chi connectivity index (χ1n) is 7.66. The second kappa shape index (κ2) is 6.42. The lowest BCUT2D eigenvalue weighted by Crippen LogP contribution is -2.04. The first-order chi connectivity index (χ1) is 12.5. The second-order valence-corrected chi connectivity index (χ2v) is 6.42. The van der Waals surface area contributed by atoms with E-state index < -0.39 is 11.7 Å². The summed E-state index contributed by atoms with van der Waals surface area (Å²) < 4.78 is 43.9. The summed E-state index contributed by atoms with van der Waals surface area (Å²) in [6.45, 7) is 0. The lowest BCUT2D eigenvalue weighted by atomic mass is 10.1. The van der Waals surface area contributed by atoms with Crippen LogP contribution in [0.3, 0.4) is 0 Å². The number of benzene rings is 2. The molecule has 0 unspecified atom stereocenters. The van der Waals surface area contributed by atoms with Gasteiger partial charge in [-0.15, -0.1) is 11.3 Å². The first kappa shape index (κ1) is 16.5. The van der Waals surface area contributed by atoms with Gasteiger partial charge in [-0.05, 0) is 12.1 Å². The van der Waals surface area contributed by atoms with Gasteiger partial charge in [0.05, 0.1) is 5.56 Å². The molecule has 2 heterocycles. The number of hydrogen-bond acceptors (Lipinski definition) is 4. The largest absolute Gasteiger partial charge is 0.416 e. The second-order valence-electron chi connectivity index (χ2n) is 5.56. The van der Waals surface area contributed by atoms with E-state index >= 15 is 0 Å². The molecule has 0 spiro atoms. The molecule has 4 aromatic rings. The number of thiazole rings is 1. The van der Waals surface area contributed by atoms with Crippen LogP contribution in [0.1, 0.15) is 5.56 Å². The zero-order valence-electron chi connectivity index (χ0n) is 13.2. The summed E-state index contributed by atoms with van der Waals surface area (Å²) in [7, 11) is 0. The molecule has 130 valence electrons. The Hall–Kier alpha value is -2.93. The molecule has 0 atom stereocenters. The van der Waals surface area contributed by atoms with Gasteiger partial charge in [-0.1, -0.05) is 47.6 Å². The summed E-state index contributed by atoms with van der Waals surface area (Å²) in [5.41, 5.74) is 1.54. The molecule has 0 fully saturated rings. The molecule has 2 aromatic carbocycles. The molecular formula is C19H11F3N2OS. The Kier molecular flexibility index (Phi) is 4.08. The lowest BCUT2D eigenvalue weighted by molar-refractivity contribution is -0.137. The van der Waals surface area contributed by atoms with Crippen molar-refractivity contribution in [3.8, 4) is 33.3 Å². The van der Waals surface area contributed by atoms with Gasteiger partial charge in [0.15, 0.2) is 5.76 Å². The molecule has 3 nitrogen and oxygen atoms in total. The maximum absolute atomic E-state index is 12.9. The van der Waals surface area contributed by atoms with E-state index in [1.165, 1.54) is 17.4 Å². The highest BCUT2D eigenvalue weighted by Crippen LogP contribution is 2.34. The van der Waals surface area contributed by atoms with Crippen molar-refractivity contribution in [1.29, 1.82) is 0 Å². The minimum Gasteiger partial charge on any atom is -0.354 e. The topological polar surface area (TPSA) is 38.9 Å². The molecule has 0 aliphatic rings. The van der Waals surface area contributed by atoms with Crippen molar-refractivity contribution in [3.05, 3.63) is 71.6 Å². The predicted octanol–water partition coefficient (Wildman–Crippen LogP) is 6.15. The molecule has 26 heavy (non-hydrogen) atoms. The number of nitrogens with zero attached hydrogens (tertiary/aromatic N) is 2. The lowest BCUT2D eigenvalue weighted by Gasteiger charge is -2.06. The SMILES string of the molecule is FC(F)(F)c1cccc(-c2cc(-c3csc(-c4ccccc4)n3)on2)c1. The summed E-state index contributed by atoms with van der Waals surface area (Å²) in [5, 5.41) is 6.55. The predicted molar refractivity (Wildman–Crippen MR) is 93.5 cm³/mol. The summed E-state index contributed by atoms with van der Waals surface area (Å²) >= 11 is 1.46. The van der Waals surface area contributed by atoms with E-state index in [0.29, 0.717) is 22.7 Å². The van der Waals surface area contributed by atoms with Crippen LogP contribution in [-0.2, 0) is 6.18 Å². The highest BCUT2D eigenvalue weighted by Gasteiger charge is 2.30. The van der Waals surface area contributed by atoms with E-state index in [0.717, 1.165) is 22.7 Å². The van der Waals surface area contributed by atoms with E-state index in [1.54, 1.807) is 12.1 Å². The van der Waals surface area contributed by atoms with Gasteiger partial charge < -0.3 is 4.52 Å². The Morgan fingerprint density at radius 3 is 2.38 bits per heavy atom. The van der Waals surface area contributed by atoms with E-state index in [1.807, 2.05) is 35.7 Å². The molecular weight excluding hydrogens is 361 g/mol. The van der Waals surface area contributed by atoms with Crippen molar-refractivity contribution >= 4 is 11.3 Å². The highest BCUT2D eigenvalue weighted by molar-refractivity contribution is 7.13. The van der Waals surface area contributed by atoms with Crippen LogP contribution in [0.5, 0.6) is 0 Å². The molecule has 0 N–H and O–H groups in total. The fourth-order valence-corrected chi connectivity index (χ4v) is 3.30. The number of hydrogen-bond donors (Lipinski definition) is 0. The highest BCUT2D eigenvalue weighted by atomic mass is 32.1. The van der Waals surface area contributed by atoms with Crippen LogP contribution in [0.2, 0.25) is 0 Å². The van der Waals surface area contributed by atoms with Crippen molar-refractivity contribution < 1.29 is 17.7 Å². The Labute approximate surface area is 150 Å². The average Bonchev–Trinajstić information content (AvgIpc) is 3.31. The molecule has 0 saturated heterocycles. The quantitative estimate of drug-likeness (QED) is 0.433. The van der Waals surface area contributed by atoms with Crippen molar-refractivity contribution in [1.82, 2.24) is 10.1 Å². The van der Waals surface area contributed by atoms with Gasteiger partial charge in [0.25, 0.3) is 0 Å². The number of halogens is 3. The Morgan fingerprint density at radius 2 is 1.62 bits per heavy atom. The third-order valence-electron chi connectivity index (χ3n) is 3.77. The standard InChI is InChI=1S/C19H11F3N2OS/c20-19(21,22)14-8-4-7-13(9-14)15-10-17(25-24-15)16-11-26-18(23-16)12-5-2-1-3-6-12/h1-11H. The van der Waals surface area contributed by atoms with Crippen molar-refractivity contribution in [2.45, 2.75) is 6.18 Å². The minimum atomic E-state index is -4.40. The molecule has 0 bridgehead atoms. The van der Waals surface area contributed by atoms with Crippen molar-refractivity contribution in [2.24, 2.45) is 0 Å². The van der Waals surface area contributed by atoms with Crippen LogP contribution in [0.15, 0.2) is 70.6 Å². The van der Waals surface area contributed by atoms with Gasteiger partial charge in [0, 0.05) is 22.6 Å². The molecule has 0 aliphatic heterocycles. The maximum Gasteiger partial charge on any atom is 0.416 e. The van der Waals surface area contributed by atoms with E-state index in [9.17, 15) is 13.2 Å². The van der Waals surface area contributed by atoms with Gasteiger partial charge in [0.1, 0.15) is 16.4 Å². The third kappa shape index (κ3) is 3.25. The van der Waals surface area contributed by atoms with Gasteiger partial charge in [-0.2, -0.15) is 13.2 Å². The Morgan fingerprint density at radius 1 is 0.846 bits per heavy atom. The zero-order valence-corrected chi connectivity index (χ0v) is 14.0. The van der Waals surface area contributed by atoms with Gasteiger partial charge in [-0.25, -0.2) is 4.98 Å². The minimum absolute atomic E-state index is 0.334. The van der Waals surface area contributed by atoms with Crippen molar-refractivity contribution in [2.75, 3.05) is 0 Å². The summed E-state index contributed by atoms with van der Waals surface area (Å²) in [4.78, 5) is 4.52. The average molecular weight is 372 g/mol. The Bertz CT molecular complexity index is 1040. The molecule has 2 aromatic heterocycles. The molecule has 7 heteroatoms. The molecule has 0 radical (unpaired) electrons. The maximum atomic E-state index is 12.9. The fraction of sp³-hybridized carbons (Fsp3) is 0.0526. The fourth-order valence-electron chi connectivity index (χ4n) is 2.49. The normalized spacial score (nSPS) is 11.7. The van der Waals surface area contributed by atoms with Crippen LogP contribution in [-0.4, -0.2) is 10.1 Å². The number of rotatable bonds is 3. The molecule has 4 rings (SSSR count). The first-order valence-corrected chi connectivity index (χ1v) is 8.54. The summed E-state index contributed by atoms with van der Waals surface area (Å²) in [5.74, 6) is 0.413. The smallest absolute Gasteiger partial charge is 0.354 e. The number of alkyl halides is 3. The third-order valence-corrected chi connectivity index (χ3v) is 4.66. The summed E-state index contributed by atoms with van der Waals surface area (Å²) in [6, 6.07) is 16.3. The van der Waals surface area contributed by atoms with Crippen LogP contribution in [0.4, 0.5) is 13.2 Å². The van der Waals surface area contributed by atoms with Crippen LogP contribution in [0, 0.1) is 0 Å². The molecule has 0 saturated carbocycles. The van der Waals surface area contributed by atoms with Gasteiger partial charge in [-0.3, -0.25) is 0 Å². The molecule has 0 amide bonds. The van der Waals surface area contributed by atoms with Gasteiger partial charge >= 0.3 is 6.18 Å². The van der Waals surface area contributed by atoms with Crippen LogP contribution in [0.25, 0.3) is 33.3 Å². The van der Waals surface area contributed by atoms with Gasteiger partial charge in [0.2, 0.25) is 0 Å². The zero-order chi connectivity index (χ0) is 18.1.